The van der Waals surface area contributed by atoms with Crippen LogP contribution in [-0.4, -0.2) is 41.0 Å². The maximum absolute atomic E-state index is 13.3. The average molecular weight is 459 g/mol. The molecule has 5 rings (SSSR count). The molecule has 9 heteroatoms. The second-order valence-corrected chi connectivity index (χ2v) is 7.76. The molecular weight excluding hydrogens is 438 g/mol. The Hall–Kier alpha value is -4.53. The standard InChI is InChI=1S/C25H21N3O6/c1-13-8-11-18(34-13)21-20(22(29)15-10-9-14(32-2)12-19(15)33-3)23(30)24(31)28(21)25-26-16-6-4-5-7-17(16)27-25/h4-12,21,29H,1-3H3,(H,26,27)/b22-20+. The number of carbonyl (C=O) groups is 2. The van der Waals surface area contributed by atoms with Crippen LogP contribution in [0.4, 0.5) is 5.95 Å². The van der Waals surface area contributed by atoms with E-state index in [1.54, 1.807) is 43.3 Å². The molecule has 2 aromatic carbocycles. The number of amides is 1. The summed E-state index contributed by atoms with van der Waals surface area (Å²) in [4.78, 5) is 35.3. The number of aryl methyl sites for hydroxylation is 1. The summed E-state index contributed by atoms with van der Waals surface area (Å²) in [5, 5.41) is 11.3. The number of ketones is 1. The number of hydrogen-bond acceptors (Lipinski definition) is 7. The summed E-state index contributed by atoms with van der Waals surface area (Å²) in [6.45, 7) is 1.75. The van der Waals surface area contributed by atoms with Crippen molar-refractivity contribution >= 4 is 34.4 Å². The van der Waals surface area contributed by atoms with Gasteiger partial charge in [-0.05, 0) is 43.3 Å². The summed E-state index contributed by atoms with van der Waals surface area (Å²) in [6, 6.07) is 14.4. The molecule has 9 nitrogen and oxygen atoms in total. The van der Waals surface area contributed by atoms with Gasteiger partial charge in [0, 0.05) is 6.07 Å². The highest BCUT2D eigenvalue weighted by molar-refractivity contribution is 6.51. The fraction of sp³-hybridized carbons (Fsp3) is 0.160. The van der Waals surface area contributed by atoms with Crippen molar-refractivity contribution in [1.82, 2.24) is 9.97 Å². The number of nitrogens with zero attached hydrogens (tertiary/aromatic N) is 2. The number of aliphatic hydroxyl groups excluding tert-OH is 1. The summed E-state index contributed by atoms with van der Waals surface area (Å²) in [6.07, 6.45) is 0. The predicted octanol–water partition coefficient (Wildman–Crippen LogP) is 4.11. The van der Waals surface area contributed by atoms with Crippen LogP contribution in [-0.2, 0) is 9.59 Å². The number of carbonyl (C=O) groups excluding carboxylic acids is 2. The third-order valence-electron chi connectivity index (χ3n) is 5.74. The zero-order chi connectivity index (χ0) is 24.0. The molecule has 1 amide bonds. The lowest BCUT2D eigenvalue weighted by Crippen LogP contribution is -2.30. The first-order valence-corrected chi connectivity index (χ1v) is 10.5. The number of hydrogen-bond donors (Lipinski definition) is 2. The van der Waals surface area contributed by atoms with E-state index in [0.717, 1.165) is 0 Å². The number of H-pyrrole nitrogens is 1. The van der Waals surface area contributed by atoms with Gasteiger partial charge in [-0.2, -0.15) is 0 Å². The van der Waals surface area contributed by atoms with E-state index in [9.17, 15) is 14.7 Å². The lowest BCUT2D eigenvalue weighted by Gasteiger charge is -2.21. The van der Waals surface area contributed by atoms with Gasteiger partial charge in [0.15, 0.2) is 0 Å². The number of ether oxygens (including phenoxy) is 2. The van der Waals surface area contributed by atoms with Gasteiger partial charge in [-0.25, -0.2) is 4.98 Å². The van der Waals surface area contributed by atoms with Crippen molar-refractivity contribution in [3.63, 3.8) is 0 Å². The van der Waals surface area contributed by atoms with Crippen LogP contribution < -0.4 is 14.4 Å². The molecule has 0 spiro atoms. The van der Waals surface area contributed by atoms with Gasteiger partial charge in [0.05, 0.1) is 36.4 Å². The number of aliphatic hydroxyl groups is 1. The molecule has 1 atom stereocenters. The molecule has 0 saturated carbocycles. The molecule has 1 aliphatic heterocycles. The van der Waals surface area contributed by atoms with Crippen molar-refractivity contribution in [3.05, 3.63) is 77.3 Å². The van der Waals surface area contributed by atoms with Gasteiger partial charge < -0.3 is 24.0 Å². The van der Waals surface area contributed by atoms with Crippen molar-refractivity contribution < 1.29 is 28.6 Å². The van der Waals surface area contributed by atoms with E-state index in [-0.39, 0.29) is 22.8 Å². The molecule has 2 aromatic heterocycles. The molecule has 172 valence electrons. The molecule has 34 heavy (non-hydrogen) atoms. The Morgan fingerprint density at radius 3 is 2.56 bits per heavy atom. The smallest absolute Gasteiger partial charge is 0.302 e. The van der Waals surface area contributed by atoms with E-state index >= 15 is 0 Å². The van der Waals surface area contributed by atoms with Crippen LogP contribution >= 0.6 is 0 Å². The van der Waals surface area contributed by atoms with Gasteiger partial charge in [-0.1, -0.05) is 12.1 Å². The number of Topliss-reactive ketones (excluding diaryl/α,β-unsaturated/α-hetero) is 1. The second-order valence-electron chi connectivity index (χ2n) is 7.76. The number of benzene rings is 2. The van der Waals surface area contributed by atoms with Gasteiger partial charge in [-0.15, -0.1) is 0 Å². The highest BCUT2D eigenvalue weighted by Gasteiger charge is 2.49. The number of aromatic amines is 1. The summed E-state index contributed by atoms with van der Waals surface area (Å²) in [5.41, 5.74) is 1.43. The van der Waals surface area contributed by atoms with Crippen molar-refractivity contribution in [2.75, 3.05) is 19.1 Å². The molecule has 4 aromatic rings. The van der Waals surface area contributed by atoms with Gasteiger partial charge in [0.1, 0.15) is 34.8 Å². The maximum Gasteiger partial charge on any atom is 0.302 e. The Kier molecular flexibility index (Phi) is 5.09. The summed E-state index contributed by atoms with van der Waals surface area (Å²) in [7, 11) is 2.94. The van der Waals surface area contributed by atoms with E-state index in [2.05, 4.69) is 9.97 Å². The number of methoxy groups -OCH3 is 2. The van der Waals surface area contributed by atoms with E-state index < -0.39 is 23.5 Å². The number of para-hydroxylation sites is 2. The topological polar surface area (TPSA) is 118 Å². The number of fused-ring (bicyclic) bond motifs is 1. The highest BCUT2D eigenvalue weighted by Crippen LogP contribution is 2.43. The van der Waals surface area contributed by atoms with Crippen molar-refractivity contribution in [2.45, 2.75) is 13.0 Å². The molecular formula is C25H21N3O6. The quantitative estimate of drug-likeness (QED) is 0.262. The zero-order valence-electron chi connectivity index (χ0n) is 18.7. The fourth-order valence-corrected chi connectivity index (χ4v) is 4.11. The Bertz CT molecular complexity index is 1430. The Morgan fingerprint density at radius 2 is 1.88 bits per heavy atom. The molecule has 1 aliphatic rings. The molecule has 1 saturated heterocycles. The minimum atomic E-state index is -1.04. The SMILES string of the molecule is COc1ccc(/C(O)=C2\C(=O)C(=O)N(c3nc4ccccc4[nH]3)C2c2ccc(C)o2)c(OC)c1. The second kappa shape index (κ2) is 8.11. The minimum absolute atomic E-state index is 0.136. The van der Waals surface area contributed by atoms with E-state index in [1.165, 1.54) is 19.1 Å². The summed E-state index contributed by atoms with van der Waals surface area (Å²) >= 11 is 0. The van der Waals surface area contributed by atoms with E-state index in [0.29, 0.717) is 28.3 Å². The molecule has 1 fully saturated rings. The molecule has 0 aliphatic carbocycles. The maximum atomic E-state index is 13.3. The first-order chi connectivity index (χ1) is 16.4. The minimum Gasteiger partial charge on any atom is -0.507 e. The van der Waals surface area contributed by atoms with Gasteiger partial charge in [0.2, 0.25) is 5.95 Å². The predicted molar refractivity (Wildman–Crippen MR) is 124 cm³/mol. The highest BCUT2D eigenvalue weighted by atomic mass is 16.5. The number of aromatic nitrogens is 2. The third-order valence-corrected chi connectivity index (χ3v) is 5.74. The van der Waals surface area contributed by atoms with Crippen LogP contribution in [0.3, 0.4) is 0 Å². The van der Waals surface area contributed by atoms with Gasteiger partial charge in [0.25, 0.3) is 5.78 Å². The lowest BCUT2D eigenvalue weighted by molar-refractivity contribution is -0.132. The largest absolute Gasteiger partial charge is 0.507 e. The molecule has 3 heterocycles. The molecule has 2 N–H and O–H groups in total. The third kappa shape index (κ3) is 3.29. The number of nitrogens with one attached hydrogen (secondary N) is 1. The number of rotatable bonds is 5. The summed E-state index contributed by atoms with van der Waals surface area (Å²) < 4.78 is 16.4. The molecule has 1 unspecified atom stereocenters. The van der Waals surface area contributed by atoms with E-state index in [4.69, 9.17) is 13.9 Å². The first-order valence-electron chi connectivity index (χ1n) is 10.5. The normalized spacial score (nSPS) is 17.5. The molecule has 0 radical (unpaired) electrons. The number of imidazole rings is 1. The zero-order valence-corrected chi connectivity index (χ0v) is 18.7. The van der Waals surface area contributed by atoms with Crippen LogP contribution in [0.25, 0.3) is 16.8 Å². The van der Waals surface area contributed by atoms with Gasteiger partial charge in [-0.3, -0.25) is 14.5 Å². The van der Waals surface area contributed by atoms with Gasteiger partial charge >= 0.3 is 5.91 Å². The fourth-order valence-electron chi connectivity index (χ4n) is 4.11. The Labute approximate surface area is 194 Å². The average Bonchev–Trinajstić information content (AvgIpc) is 3.54. The first kappa shape index (κ1) is 21.3. The van der Waals surface area contributed by atoms with Crippen LogP contribution in [0.15, 0.2) is 64.6 Å². The number of anilines is 1. The van der Waals surface area contributed by atoms with Crippen LogP contribution in [0.1, 0.15) is 23.1 Å². The van der Waals surface area contributed by atoms with Crippen LogP contribution in [0.5, 0.6) is 11.5 Å². The van der Waals surface area contributed by atoms with E-state index in [1.807, 2.05) is 18.2 Å². The van der Waals surface area contributed by atoms with Crippen LogP contribution in [0, 0.1) is 6.92 Å². The Balaban J connectivity index is 1.73. The monoisotopic (exact) mass is 459 g/mol. The Morgan fingerprint density at radius 1 is 1.09 bits per heavy atom. The molecule has 0 bridgehead atoms. The van der Waals surface area contributed by atoms with Crippen molar-refractivity contribution in [3.8, 4) is 11.5 Å². The van der Waals surface area contributed by atoms with Crippen LogP contribution in [0.2, 0.25) is 0 Å². The van der Waals surface area contributed by atoms with Crippen molar-refractivity contribution in [2.24, 2.45) is 0 Å². The lowest BCUT2D eigenvalue weighted by atomic mass is 9.98. The van der Waals surface area contributed by atoms with Crippen molar-refractivity contribution in [1.29, 1.82) is 0 Å². The summed E-state index contributed by atoms with van der Waals surface area (Å²) in [5.74, 6) is -0.241. The number of furan rings is 1.